The zero-order valence-electron chi connectivity index (χ0n) is 10.2. The lowest BCUT2D eigenvalue weighted by Gasteiger charge is -2.22. The van der Waals surface area contributed by atoms with Crippen molar-refractivity contribution in [2.45, 2.75) is 25.8 Å². The number of rotatable bonds is 3. The molecule has 0 aliphatic carbocycles. The maximum atomic E-state index is 12.2. The van der Waals surface area contributed by atoms with Crippen molar-refractivity contribution in [2.75, 3.05) is 18.4 Å². The van der Waals surface area contributed by atoms with Crippen LogP contribution >= 0.6 is 31.9 Å². The fraction of sp³-hybridized carbons (Fsp3) is 0.462. The van der Waals surface area contributed by atoms with E-state index in [-0.39, 0.29) is 11.9 Å². The average molecular weight is 376 g/mol. The predicted octanol–water partition coefficient (Wildman–Crippen LogP) is 3.63. The Bertz CT molecular complexity index is 445. The van der Waals surface area contributed by atoms with Crippen LogP contribution in [0.3, 0.4) is 0 Å². The van der Waals surface area contributed by atoms with Gasteiger partial charge in [0.05, 0.1) is 0 Å². The number of hydrogen-bond acceptors (Lipinski definition) is 2. The molecule has 0 aromatic heterocycles. The number of amides is 1. The number of hydrogen-bond donors (Lipinski definition) is 1. The highest BCUT2D eigenvalue weighted by Gasteiger charge is 2.23. The van der Waals surface area contributed by atoms with E-state index in [2.05, 4.69) is 37.2 Å². The van der Waals surface area contributed by atoms with E-state index in [1.165, 1.54) is 0 Å². The predicted molar refractivity (Wildman–Crippen MR) is 80.7 cm³/mol. The van der Waals surface area contributed by atoms with Crippen molar-refractivity contribution in [3.63, 3.8) is 0 Å². The van der Waals surface area contributed by atoms with Crippen LogP contribution < -0.4 is 5.32 Å². The summed E-state index contributed by atoms with van der Waals surface area (Å²) in [5.74, 6) is 0.183. The first-order valence-electron chi connectivity index (χ1n) is 6.08. The van der Waals surface area contributed by atoms with Crippen LogP contribution in [0.25, 0.3) is 0 Å². The molecule has 3 nitrogen and oxygen atoms in total. The van der Waals surface area contributed by atoms with E-state index < -0.39 is 0 Å². The van der Waals surface area contributed by atoms with Gasteiger partial charge in [0.25, 0.3) is 0 Å². The lowest BCUT2D eigenvalue weighted by atomic mass is 10.2. The highest BCUT2D eigenvalue weighted by atomic mass is 79.9. The van der Waals surface area contributed by atoms with E-state index in [1.54, 1.807) is 0 Å². The summed E-state index contributed by atoms with van der Waals surface area (Å²) in [6, 6.07) is 5.69. The van der Waals surface area contributed by atoms with Gasteiger partial charge in [0, 0.05) is 27.7 Å². The molecule has 0 radical (unpaired) electrons. The molecule has 98 valence electrons. The van der Waals surface area contributed by atoms with Gasteiger partial charge in [0.2, 0.25) is 5.91 Å². The second kappa shape index (κ2) is 6.06. The molecule has 1 aromatic carbocycles. The first-order chi connectivity index (χ1) is 8.58. The molecule has 1 N–H and O–H groups in total. The molecule has 1 aliphatic heterocycles. The Balaban J connectivity index is 2.01. The number of nitrogens with one attached hydrogen (secondary N) is 1. The van der Waals surface area contributed by atoms with Gasteiger partial charge in [-0.05, 0) is 53.9 Å². The monoisotopic (exact) mass is 374 g/mol. The van der Waals surface area contributed by atoms with E-state index in [9.17, 15) is 4.79 Å². The Kier molecular flexibility index (Phi) is 4.67. The first-order valence-corrected chi connectivity index (χ1v) is 7.67. The van der Waals surface area contributed by atoms with Crippen molar-refractivity contribution >= 4 is 43.5 Å². The summed E-state index contributed by atoms with van der Waals surface area (Å²) in [4.78, 5) is 14.1. The van der Waals surface area contributed by atoms with Gasteiger partial charge in [-0.15, -0.1) is 0 Å². The van der Waals surface area contributed by atoms with Gasteiger partial charge in [-0.3, -0.25) is 4.79 Å². The first kappa shape index (κ1) is 13.9. The smallest absolute Gasteiger partial charge is 0.244 e. The van der Waals surface area contributed by atoms with Gasteiger partial charge in [-0.1, -0.05) is 15.9 Å². The van der Waals surface area contributed by atoms with Gasteiger partial charge in [-0.25, -0.2) is 0 Å². The highest BCUT2D eigenvalue weighted by Crippen LogP contribution is 2.27. The van der Waals surface area contributed by atoms with Crippen LogP contribution in [0.4, 0.5) is 5.69 Å². The van der Waals surface area contributed by atoms with Crippen LogP contribution in [0.15, 0.2) is 27.1 Å². The minimum atomic E-state index is -0.194. The van der Waals surface area contributed by atoms with E-state index in [0.29, 0.717) is 0 Å². The number of halogens is 2. The maximum absolute atomic E-state index is 12.2. The number of carbonyl (C=O) groups is 1. The van der Waals surface area contributed by atoms with E-state index >= 15 is 0 Å². The van der Waals surface area contributed by atoms with Gasteiger partial charge in [-0.2, -0.15) is 0 Å². The Morgan fingerprint density at radius 1 is 1.33 bits per heavy atom. The molecule has 1 atom stereocenters. The molecular weight excluding hydrogens is 360 g/mol. The number of benzene rings is 1. The topological polar surface area (TPSA) is 32.3 Å². The van der Waals surface area contributed by atoms with Crippen LogP contribution in [0, 0.1) is 0 Å². The summed E-state index contributed by atoms with van der Waals surface area (Å²) in [6.07, 6.45) is 2.25. The van der Waals surface area contributed by atoms with Crippen LogP contribution in [-0.4, -0.2) is 29.9 Å². The Morgan fingerprint density at radius 3 is 2.61 bits per heavy atom. The summed E-state index contributed by atoms with van der Waals surface area (Å²) >= 11 is 6.90. The summed E-state index contributed by atoms with van der Waals surface area (Å²) in [5.41, 5.74) is 0.943. The van der Waals surface area contributed by atoms with Crippen LogP contribution in [0.5, 0.6) is 0 Å². The zero-order chi connectivity index (χ0) is 13.1. The van der Waals surface area contributed by atoms with Crippen molar-refractivity contribution in [3.8, 4) is 0 Å². The largest absolute Gasteiger partial charge is 0.373 e. The number of nitrogens with zero attached hydrogens (tertiary/aromatic N) is 1. The Labute approximate surface area is 124 Å². The fourth-order valence-corrected chi connectivity index (χ4v) is 3.27. The highest BCUT2D eigenvalue weighted by molar-refractivity contribution is 9.11. The molecular formula is C13H16Br2N2O. The van der Waals surface area contributed by atoms with Gasteiger partial charge in [0.1, 0.15) is 6.04 Å². The molecule has 0 bridgehead atoms. The average Bonchev–Trinajstić information content (AvgIpc) is 2.85. The summed E-state index contributed by atoms with van der Waals surface area (Å²) in [5, 5.41) is 3.26. The molecule has 1 aromatic rings. The Morgan fingerprint density at radius 2 is 2.00 bits per heavy atom. The second-order valence-corrected chi connectivity index (χ2v) is 6.29. The van der Waals surface area contributed by atoms with E-state index in [0.717, 1.165) is 40.6 Å². The van der Waals surface area contributed by atoms with Gasteiger partial charge in [0.15, 0.2) is 0 Å². The van der Waals surface area contributed by atoms with E-state index in [4.69, 9.17) is 0 Å². The van der Waals surface area contributed by atoms with Gasteiger partial charge < -0.3 is 10.2 Å². The van der Waals surface area contributed by atoms with Crippen molar-refractivity contribution in [1.29, 1.82) is 0 Å². The molecule has 1 heterocycles. The molecule has 2 rings (SSSR count). The third-order valence-corrected chi connectivity index (χ3v) is 4.24. The lowest BCUT2D eigenvalue weighted by molar-refractivity contribution is -0.130. The normalized spacial score (nSPS) is 16.7. The molecule has 5 heteroatoms. The molecule has 1 amide bonds. The molecule has 1 saturated heterocycles. The van der Waals surface area contributed by atoms with Crippen molar-refractivity contribution < 1.29 is 4.79 Å². The number of anilines is 1. The van der Waals surface area contributed by atoms with E-state index in [1.807, 2.05) is 30.0 Å². The number of likely N-dealkylation sites (tertiary alicyclic amines) is 1. The lowest BCUT2D eigenvalue weighted by Crippen LogP contribution is -2.39. The Hall–Kier alpha value is -0.550. The molecule has 18 heavy (non-hydrogen) atoms. The summed E-state index contributed by atoms with van der Waals surface area (Å²) in [6.45, 7) is 3.70. The molecule has 1 unspecified atom stereocenters. The SMILES string of the molecule is CC(Nc1ccc(Br)cc1Br)C(=O)N1CCCC1. The zero-order valence-corrected chi connectivity index (χ0v) is 13.4. The summed E-state index contributed by atoms with van der Waals surface area (Å²) < 4.78 is 1.97. The quantitative estimate of drug-likeness (QED) is 0.874. The van der Waals surface area contributed by atoms with Crippen molar-refractivity contribution in [2.24, 2.45) is 0 Å². The number of carbonyl (C=O) groups excluding carboxylic acids is 1. The van der Waals surface area contributed by atoms with Crippen LogP contribution in [0.1, 0.15) is 19.8 Å². The standard InChI is InChI=1S/C13H16Br2N2O/c1-9(13(18)17-6-2-3-7-17)16-12-5-4-10(14)8-11(12)15/h4-5,8-9,16H,2-3,6-7H2,1H3. The second-order valence-electron chi connectivity index (χ2n) is 4.52. The maximum Gasteiger partial charge on any atom is 0.244 e. The fourth-order valence-electron chi connectivity index (χ4n) is 2.11. The summed E-state index contributed by atoms with van der Waals surface area (Å²) in [7, 11) is 0. The minimum absolute atomic E-state index is 0.183. The van der Waals surface area contributed by atoms with Crippen molar-refractivity contribution in [1.82, 2.24) is 4.90 Å². The molecule has 0 spiro atoms. The molecule has 1 fully saturated rings. The minimum Gasteiger partial charge on any atom is -0.373 e. The third kappa shape index (κ3) is 3.26. The van der Waals surface area contributed by atoms with Crippen molar-refractivity contribution in [3.05, 3.63) is 27.1 Å². The molecule has 1 aliphatic rings. The van der Waals surface area contributed by atoms with Gasteiger partial charge >= 0.3 is 0 Å². The van der Waals surface area contributed by atoms with Crippen LogP contribution in [-0.2, 0) is 4.79 Å². The van der Waals surface area contributed by atoms with Crippen LogP contribution in [0.2, 0.25) is 0 Å². The third-order valence-electron chi connectivity index (χ3n) is 3.09. The molecule has 0 saturated carbocycles.